The predicted molar refractivity (Wildman–Crippen MR) is 111 cm³/mol. The van der Waals surface area contributed by atoms with Gasteiger partial charge in [-0.1, -0.05) is 18.6 Å². The van der Waals surface area contributed by atoms with E-state index in [-0.39, 0.29) is 0 Å². The number of aliphatic hydroxyl groups is 1. The Kier molecular flexibility index (Phi) is 9.42. The number of nitrogens with zero attached hydrogens (tertiary/aromatic N) is 2. The number of aliphatic hydroxyl groups excluding tert-OH is 1. The number of methoxy groups -OCH3 is 1. The number of nitrogens with one attached hydrogen (secondary N) is 2. The van der Waals surface area contributed by atoms with Crippen LogP contribution in [-0.2, 0) is 0 Å². The van der Waals surface area contributed by atoms with Crippen LogP contribution < -0.4 is 15.4 Å². The van der Waals surface area contributed by atoms with E-state index in [9.17, 15) is 5.11 Å². The first-order valence-corrected chi connectivity index (χ1v) is 10.2. The van der Waals surface area contributed by atoms with E-state index in [2.05, 4.69) is 27.4 Å². The molecule has 6 nitrogen and oxygen atoms in total. The van der Waals surface area contributed by atoms with Crippen molar-refractivity contribution < 1.29 is 9.84 Å². The Hall–Kier alpha value is -1.79. The second-order valence-corrected chi connectivity index (χ2v) is 7.17. The second kappa shape index (κ2) is 11.8. The number of hydrogen-bond donors (Lipinski definition) is 3. The normalized spacial score (nSPS) is 19.6. The molecule has 2 rings (SSSR count). The van der Waals surface area contributed by atoms with Crippen molar-refractivity contribution in [2.45, 2.75) is 51.7 Å². The van der Waals surface area contributed by atoms with Gasteiger partial charge in [0.2, 0.25) is 0 Å². The number of ether oxygens (including phenoxy) is 1. The van der Waals surface area contributed by atoms with E-state index in [1.54, 1.807) is 7.11 Å². The summed E-state index contributed by atoms with van der Waals surface area (Å²) in [5, 5.41) is 17.0. The van der Waals surface area contributed by atoms with Gasteiger partial charge in [-0.3, -0.25) is 4.99 Å². The first-order valence-electron chi connectivity index (χ1n) is 10.2. The fourth-order valence-corrected chi connectivity index (χ4v) is 3.43. The van der Waals surface area contributed by atoms with Crippen LogP contribution in [0.15, 0.2) is 29.3 Å². The van der Waals surface area contributed by atoms with Crippen LogP contribution in [0, 0.1) is 0 Å². The summed E-state index contributed by atoms with van der Waals surface area (Å²) in [5.41, 5.74) is 0.842. The zero-order valence-electron chi connectivity index (χ0n) is 17.1. The van der Waals surface area contributed by atoms with Crippen LogP contribution in [0.4, 0.5) is 0 Å². The summed E-state index contributed by atoms with van der Waals surface area (Å²) in [7, 11) is 1.63. The summed E-state index contributed by atoms with van der Waals surface area (Å²) in [5.74, 6) is 1.55. The van der Waals surface area contributed by atoms with Crippen molar-refractivity contribution in [1.29, 1.82) is 0 Å². The van der Waals surface area contributed by atoms with Crippen LogP contribution in [0.1, 0.15) is 51.2 Å². The molecule has 0 bridgehead atoms. The summed E-state index contributed by atoms with van der Waals surface area (Å²) in [6.07, 6.45) is 4.48. The van der Waals surface area contributed by atoms with Gasteiger partial charge < -0.3 is 25.4 Å². The number of benzene rings is 1. The van der Waals surface area contributed by atoms with Crippen molar-refractivity contribution in [3.63, 3.8) is 0 Å². The highest BCUT2D eigenvalue weighted by atomic mass is 16.5. The summed E-state index contributed by atoms with van der Waals surface area (Å²) in [4.78, 5) is 7.12. The molecule has 2 unspecified atom stereocenters. The summed E-state index contributed by atoms with van der Waals surface area (Å²) in [6, 6.07) is 8.17. The van der Waals surface area contributed by atoms with Gasteiger partial charge in [-0.05, 0) is 57.4 Å². The first kappa shape index (κ1) is 21.5. The minimum atomic E-state index is -0.624. The average molecular weight is 377 g/mol. The molecule has 0 aliphatic carbocycles. The van der Waals surface area contributed by atoms with Crippen LogP contribution in [-0.4, -0.2) is 61.8 Å². The third kappa shape index (κ3) is 7.39. The predicted octanol–water partition coefficient (Wildman–Crippen LogP) is 2.55. The van der Waals surface area contributed by atoms with Gasteiger partial charge in [0.15, 0.2) is 5.96 Å². The van der Waals surface area contributed by atoms with Gasteiger partial charge in [-0.15, -0.1) is 0 Å². The molecule has 27 heavy (non-hydrogen) atoms. The number of rotatable bonds is 9. The first-order chi connectivity index (χ1) is 13.1. The zero-order chi connectivity index (χ0) is 19.5. The fraction of sp³-hybridized carbons (Fsp3) is 0.667. The third-order valence-electron chi connectivity index (χ3n) is 5.12. The molecule has 0 saturated carbocycles. The Morgan fingerprint density at radius 3 is 2.74 bits per heavy atom. The molecule has 0 amide bonds. The molecule has 1 fully saturated rings. The molecule has 0 spiro atoms. The molecule has 1 heterocycles. The summed E-state index contributed by atoms with van der Waals surface area (Å²) < 4.78 is 5.15. The molecule has 152 valence electrons. The van der Waals surface area contributed by atoms with E-state index in [4.69, 9.17) is 4.74 Å². The standard InChI is InChI=1S/C21H36N4O2/c1-4-22-21(23-13-7-15-25-14-6-5-8-17(25)2)24-16-20(26)18-9-11-19(27-3)12-10-18/h9-12,17,20,26H,4-8,13-16H2,1-3H3,(H2,22,23,24). The minimum absolute atomic E-state index is 0.324. The van der Waals surface area contributed by atoms with E-state index in [1.807, 2.05) is 31.2 Å². The van der Waals surface area contributed by atoms with Gasteiger partial charge in [-0.2, -0.15) is 0 Å². The largest absolute Gasteiger partial charge is 0.497 e. The van der Waals surface area contributed by atoms with Crippen molar-refractivity contribution in [3.8, 4) is 5.75 Å². The lowest BCUT2D eigenvalue weighted by Crippen LogP contribution is -2.41. The monoisotopic (exact) mass is 376 g/mol. The SMILES string of the molecule is CCNC(=NCC(O)c1ccc(OC)cc1)NCCCN1CCCCC1C. The quantitative estimate of drug-likeness (QED) is 0.351. The molecular formula is C21H36N4O2. The zero-order valence-corrected chi connectivity index (χ0v) is 17.1. The molecule has 1 saturated heterocycles. The van der Waals surface area contributed by atoms with Gasteiger partial charge in [0.25, 0.3) is 0 Å². The fourth-order valence-electron chi connectivity index (χ4n) is 3.43. The Balaban J connectivity index is 1.76. The molecule has 2 atom stereocenters. The van der Waals surface area contributed by atoms with Gasteiger partial charge in [0, 0.05) is 25.7 Å². The smallest absolute Gasteiger partial charge is 0.191 e. The van der Waals surface area contributed by atoms with Crippen LogP contribution in [0.5, 0.6) is 5.75 Å². The molecule has 1 aliphatic heterocycles. The molecule has 1 aliphatic rings. The Bertz CT molecular complexity index is 562. The highest BCUT2D eigenvalue weighted by Gasteiger charge is 2.17. The van der Waals surface area contributed by atoms with Gasteiger partial charge in [-0.25, -0.2) is 0 Å². The number of piperidine rings is 1. The lowest BCUT2D eigenvalue weighted by Gasteiger charge is -2.33. The lowest BCUT2D eigenvalue weighted by atomic mass is 10.0. The van der Waals surface area contributed by atoms with E-state index in [0.29, 0.717) is 12.6 Å². The van der Waals surface area contributed by atoms with E-state index in [1.165, 1.54) is 25.8 Å². The number of hydrogen-bond acceptors (Lipinski definition) is 4. The van der Waals surface area contributed by atoms with Crippen LogP contribution in [0.3, 0.4) is 0 Å². The Morgan fingerprint density at radius 2 is 2.07 bits per heavy atom. The average Bonchev–Trinajstić information content (AvgIpc) is 2.70. The van der Waals surface area contributed by atoms with Gasteiger partial charge in [0.05, 0.1) is 19.8 Å². The van der Waals surface area contributed by atoms with Gasteiger partial charge in [0.1, 0.15) is 5.75 Å². The topological polar surface area (TPSA) is 69.1 Å². The van der Waals surface area contributed by atoms with E-state index < -0.39 is 6.10 Å². The Morgan fingerprint density at radius 1 is 1.30 bits per heavy atom. The summed E-state index contributed by atoms with van der Waals surface area (Å²) >= 11 is 0. The number of likely N-dealkylation sites (tertiary alicyclic amines) is 1. The lowest BCUT2D eigenvalue weighted by molar-refractivity contribution is 0.159. The maximum Gasteiger partial charge on any atom is 0.191 e. The molecule has 1 aromatic carbocycles. The minimum Gasteiger partial charge on any atom is -0.497 e. The second-order valence-electron chi connectivity index (χ2n) is 7.17. The van der Waals surface area contributed by atoms with Crippen molar-refractivity contribution in [2.75, 3.05) is 39.8 Å². The van der Waals surface area contributed by atoms with Crippen molar-refractivity contribution in [3.05, 3.63) is 29.8 Å². The molecule has 6 heteroatoms. The Labute approximate surface area is 164 Å². The molecule has 0 radical (unpaired) electrons. The number of guanidine groups is 1. The van der Waals surface area contributed by atoms with E-state index in [0.717, 1.165) is 43.3 Å². The van der Waals surface area contributed by atoms with E-state index >= 15 is 0 Å². The summed E-state index contributed by atoms with van der Waals surface area (Å²) in [6.45, 7) is 8.74. The van der Waals surface area contributed by atoms with Crippen molar-refractivity contribution >= 4 is 5.96 Å². The number of aliphatic imine (C=N–C) groups is 1. The molecule has 0 aromatic heterocycles. The highest BCUT2D eigenvalue weighted by Crippen LogP contribution is 2.18. The molecule has 3 N–H and O–H groups in total. The van der Waals surface area contributed by atoms with Crippen LogP contribution in [0.2, 0.25) is 0 Å². The molecular weight excluding hydrogens is 340 g/mol. The molecule has 1 aromatic rings. The van der Waals surface area contributed by atoms with Crippen LogP contribution >= 0.6 is 0 Å². The maximum absolute atomic E-state index is 10.4. The highest BCUT2D eigenvalue weighted by molar-refractivity contribution is 5.79. The maximum atomic E-state index is 10.4. The van der Waals surface area contributed by atoms with Crippen molar-refractivity contribution in [1.82, 2.24) is 15.5 Å². The van der Waals surface area contributed by atoms with Crippen LogP contribution in [0.25, 0.3) is 0 Å². The van der Waals surface area contributed by atoms with Gasteiger partial charge >= 0.3 is 0 Å². The third-order valence-corrected chi connectivity index (χ3v) is 5.12. The van der Waals surface area contributed by atoms with Crippen molar-refractivity contribution in [2.24, 2.45) is 4.99 Å².